The third kappa shape index (κ3) is 13.1. The molecule has 2 aromatic rings. The van der Waals surface area contributed by atoms with Gasteiger partial charge in [-0.15, -0.1) is 0 Å². The van der Waals surface area contributed by atoms with E-state index in [0.717, 1.165) is 12.5 Å². The van der Waals surface area contributed by atoms with Crippen molar-refractivity contribution in [1.82, 2.24) is 9.97 Å². The van der Waals surface area contributed by atoms with Crippen molar-refractivity contribution in [2.75, 3.05) is 0 Å². The molecule has 2 aromatic heterocycles. The summed E-state index contributed by atoms with van der Waals surface area (Å²) in [6.07, 6.45) is 16.7. The predicted octanol–water partition coefficient (Wildman–Crippen LogP) is 4.83. The highest BCUT2D eigenvalue weighted by Crippen LogP contribution is 2.33. The van der Waals surface area contributed by atoms with Gasteiger partial charge in [0.2, 0.25) is 11.8 Å². The second-order valence-corrected chi connectivity index (χ2v) is 14.3. The second-order valence-electron chi connectivity index (χ2n) is 14.3. The molecule has 4 bridgehead atoms. The first-order chi connectivity index (χ1) is 26.5. The number of nitrogens with zero attached hydrogens (tertiary/aromatic N) is 2. The number of fused-ring (bicyclic) bond motifs is 4. The van der Waals surface area contributed by atoms with Gasteiger partial charge in [-0.1, -0.05) is 113 Å². The van der Waals surface area contributed by atoms with Crippen LogP contribution in [-0.4, -0.2) is 101 Å². The van der Waals surface area contributed by atoms with Gasteiger partial charge in [-0.05, 0) is 13.8 Å². The Morgan fingerprint density at radius 1 is 0.625 bits per heavy atom. The molecular weight excluding hydrogens is 724 g/mol. The average molecular weight is 779 g/mol. The number of rotatable bonds is 6. The minimum Gasteiger partial charge on any atom is -0.457 e. The quantitative estimate of drug-likeness (QED) is 0.171. The zero-order valence-electron chi connectivity index (χ0n) is 32.5. The van der Waals surface area contributed by atoms with Crippen molar-refractivity contribution < 1.29 is 58.5 Å². The van der Waals surface area contributed by atoms with Gasteiger partial charge in [-0.25, -0.2) is 19.6 Å². The zero-order valence-corrected chi connectivity index (χ0v) is 32.5. The first-order valence-electron chi connectivity index (χ1n) is 18.2. The number of aliphatic hydroxyl groups excluding tert-OH is 6. The lowest BCUT2D eigenvalue weighted by Crippen LogP contribution is -2.42. The standard InChI is InChI=1S/C42H54N2O12/c1-7-15-33(49)41(3,4)35-21-13-19-31(47)29(45)17-9-12-24-38-44-28(26-54-38)40(52)56-36(42(5,6)34(50)16-8-2)22-14-20-32(48)30(46)18-10-11-23-37-43-27(25-53-37)39(51)55-35/h7-20,23-26,29-36,45-50H,21-22H2,1-6H3/t29-,30-,31+,32+,33-,34-,35+,36+/m0/s1. The van der Waals surface area contributed by atoms with Crippen molar-refractivity contribution >= 4 is 24.1 Å². The van der Waals surface area contributed by atoms with Crippen LogP contribution in [0.2, 0.25) is 0 Å². The van der Waals surface area contributed by atoms with Gasteiger partial charge in [-0.2, -0.15) is 0 Å². The number of hydrogen-bond acceptors (Lipinski definition) is 14. The van der Waals surface area contributed by atoms with E-state index >= 15 is 0 Å². The molecule has 8 atom stereocenters. The molecule has 0 saturated heterocycles. The van der Waals surface area contributed by atoms with Crippen LogP contribution in [0.15, 0.2) is 106 Å². The SMILES string of the molecule is CC=C[C@H](O)C(C)(C)[C@H]1CC=C[C@@H](O)[C@@H](O)C=CC=Cc2nc(co2)C(=O)O[C@@H](C(C)(C)[C@@H](O)C=CC)CC=C[C@@H](O)[C@@H](O)C=CC=Cc2nc(co2)C(=O)O1. The van der Waals surface area contributed by atoms with E-state index in [4.69, 9.17) is 18.3 Å². The molecule has 0 fully saturated rings. The highest BCUT2D eigenvalue weighted by atomic mass is 16.6. The van der Waals surface area contributed by atoms with E-state index in [2.05, 4.69) is 9.97 Å². The number of cyclic esters (lactones) is 2. The summed E-state index contributed by atoms with van der Waals surface area (Å²) in [5, 5.41) is 63.9. The van der Waals surface area contributed by atoms with Crippen molar-refractivity contribution in [2.45, 2.75) is 103 Å². The van der Waals surface area contributed by atoms with Crippen molar-refractivity contribution in [3.8, 4) is 0 Å². The summed E-state index contributed by atoms with van der Waals surface area (Å²) in [4.78, 5) is 34.7. The number of carbonyl (C=O) groups is 2. The van der Waals surface area contributed by atoms with E-state index < -0.39 is 71.6 Å². The number of carbonyl (C=O) groups excluding carboxylic acids is 2. The Balaban J connectivity index is 1.94. The van der Waals surface area contributed by atoms with Crippen LogP contribution in [0.25, 0.3) is 12.2 Å². The van der Waals surface area contributed by atoms with Crippen LogP contribution in [0.1, 0.15) is 87.1 Å². The predicted molar refractivity (Wildman–Crippen MR) is 209 cm³/mol. The molecule has 0 radical (unpaired) electrons. The van der Waals surface area contributed by atoms with Crippen LogP contribution in [-0.2, 0) is 9.47 Å². The maximum atomic E-state index is 13.2. The first kappa shape index (κ1) is 45.4. The normalized spacial score (nSPS) is 25.4. The van der Waals surface area contributed by atoms with Gasteiger partial charge in [0, 0.05) is 35.8 Å². The summed E-state index contributed by atoms with van der Waals surface area (Å²) in [5.74, 6) is -1.55. The van der Waals surface area contributed by atoms with E-state index in [1.54, 1.807) is 65.8 Å². The molecule has 0 saturated carbocycles. The smallest absolute Gasteiger partial charge is 0.360 e. The van der Waals surface area contributed by atoms with Crippen molar-refractivity contribution in [3.05, 3.63) is 121 Å². The highest BCUT2D eigenvalue weighted by molar-refractivity contribution is 5.87. The van der Waals surface area contributed by atoms with Gasteiger partial charge in [0.1, 0.15) is 49.2 Å². The molecule has 0 aliphatic carbocycles. The summed E-state index contributed by atoms with van der Waals surface area (Å²) < 4.78 is 22.4. The van der Waals surface area contributed by atoms with Crippen molar-refractivity contribution in [1.29, 1.82) is 0 Å². The van der Waals surface area contributed by atoms with Gasteiger partial charge in [0.05, 0.1) is 12.2 Å². The Hall–Kier alpha value is -4.96. The number of esters is 2. The number of hydrogen-bond donors (Lipinski definition) is 6. The van der Waals surface area contributed by atoms with Crippen LogP contribution < -0.4 is 0 Å². The third-order valence-electron chi connectivity index (χ3n) is 9.28. The van der Waals surface area contributed by atoms with Crippen LogP contribution in [0.3, 0.4) is 0 Å². The summed E-state index contributed by atoms with van der Waals surface area (Å²) in [7, 11) is 0. The number of allylic oxidation sites excluding steroid dienone is 6. The molecule has 14 heteroatoms. The number of ether oxygens (including phenoxy) is 2. The largest absolute Gasteiger partial charge is 0.457 e. The van der Waals surface area contributed by atoms with Gasteiger partial charge in [0.15, 0.2) is 11.4 Å². The van der Waals surface area contributed by atoms with E-state index in [0.29, 0.717) is 0 Å². The summed E-state index contributed by atoms with van der Waals surface area (Å²) >= 11 is 0. The van der Waals surface area contributed by atoms with Gasteiger partial charge in [0.25, 0.3) is 0 Å². The Morgan fingerprint density at radius 2 is 0.982 bits per heavy atom. The first-order valence-corrected chi connectivity index (χ1v) is 18.2. The highest BCUT2D eigenvalue weighted by Gasteiger charge is 2.39. The molecule has 1 aliphatic heterocycles. The summed E-state index contributed by atoms with van der Waals surface area (Å²) in [5.41, 5.74) is -2.28. The fraction of sp³-hybridized carbons (Fsp3) is 0.429. The van der Waals surface area contributed by atoms with Crippen LogP contribution >= 0.6 is 0 Å². The zero-order chi connectivity index (χ0) is 41.5. The molecule has 3 heterocycles. The minimum absolute atomic E-state index is 0.0472. The summed E-state index contributed by atoms with van der Waals surface area (Å²) in [6.45, 7) is 10.4. The summed E-state index contributed by atoms with van der Waals surface area (Å²) in [6, 6.07) is 0. The third-order valence-corrected chi connectivity index (χ3v) is 9.28. The maximum absolute atomic E-state index is 13.2. The van der Waals surface area contributed by atoms with Crippen LogP contribution in [0.4, 0.5) is 0 Å². The molecule has 6 N–H and O–H groups in total. The molecule has 0 unspecified atom stereocenters. The van der Waals surface area contributed by atoms with Gasteiger partial charge < -0.3 is 48.9 Å². The number of aliphatic hydroxyl groups is 6. The van der Waals surface area contributed by atoms with Gasteiger partial charge >= 0.3 is 11.9 Å². The minimum atomic E-state index is -1.34. The van der Waals surface area contributed by atoms with Crippen molar-refractivity contribution in [3.63, 3.8) is 0 Å². The lowest BCUT2D eigenvalue weighted by atomic mass is 9.79. The molecule has 56 heavy (non-hydrogen) atoms. The fourth-order valence-electron chi connectivity index (χ4n) is 5.31. The van der Waals surface area contributed by atoms with E-state index in [1.165, 1.54) is 72.9 Å². The van der Waals surface area contributed by atoms with Gasteiger partial charge in [-0.3, -0.25) is 0 Å². The molecule has 0 spiro atoms. The lowest BCUT2D eigenvalue weighted by molar-refractivity contribution is -0.0462. The molecule has 0 aromatic carbocycles. The van der Waals surface area contributed by atoms with E-state index in [1.807, 2.05) is 0 Å². The number of oxazole rings is 2. The van der Waals surface area contributed by atoms with E-state index in [9.17, 15) is 40.2 Å². The van der Waals surface area contributed by atoms with Crippen LogP contribution in [0.5, 0.6) is 0 Å². The monoisotopic (exact) mass is 778 g/mol. The molecular formula is C42H54N2O12. The molecule has 304 valence electrons. The maximum Gasteiger partial charge on any atom is 0.360 e. The Labute approximate surface area is 326 Å². The fourth-order valence-corrected chi connectivity index (χ4v) is 5.31. The van der Waals surface area contributed by atoms with Crippen LogP contribution in [0, 0.1) is 10.8 Å². The molecule has 14 nitrogen and oxygen atoms in total. The topological polar surface area (TPSA) is 226 Å². The lowest BCUT2D eigenvalue weighted by Gasteiger charge is -2.36. The molecule has 1 aliphatic rings. The second kappa shape index (κ2) is 21.4. The molecule has 0 amide bonds. The van der Waals surface area contributed by atoms with Crippen molar-refractivity contribution in [2.24, 2.45) is 10.8 Å². The number of aromatic nitrogens is 2. The van der Waals surface area contributed by atoms with E-state index in [-0.39, 0.29) is 36.0 Å². The average Bonchev–Trinajstić information content (AvgIpc) is 3.84. The Bertz CT molecular complexity index is 1680. The molecule has 3 rings (SSSR count). The Kier molecular flexibility index (Phi) is 17.3. The Morgan fingerprint density at radius 3 is 1.34 bits per heavy atom.